The lowest BCUT2D eigenvalue weighted by Gasteiger charge is -2.34. The number of hydrazine groups is 1. The number of hydrogen-bond acceptors (Lipinski definition) is 6. The van der Waals surface area contributed by atoms with Crippen molar-refractivity contribution in [2.24, 2.45) is 0 Å². The zero-order valence-electron chi connectivity index (χ0n) is 17.6. The Morgan fingerprint density at radius 3 is 2.16 bits per heavy atom. The van der Waals surface area contributed by atoms with Crippen LogP contribution in [0.4, 0.5) is 4.79 Å². The van der Waals surface area contributed by atoms with Gasteiger partial charge in [0.2, 0.25) is 5.91 Å². The smallest absolute Gasteiger partial charge is 0.344 e. The quantitative estimate of drug-likeness (QED) is 0.499. The van der Waals surface area contributed by atoms with Crippen molar-refractivity contribution in [1.29, 1.82) is 0 Å². The molecule has 0 bridgehead atoms. The molecule has 0 aromatic heterocycles. The van der Waals surface area contributed by atoms with Crippen LogP contribution in [0.25, 0.3) is 0 Å². The fourth-order valence-electron chi connectivity index (χ4n) is 3.88. The average Bonchev–Trinajstić information content (AvgIpc) is 3.53. The number of imide groups is 1. The zero-order valence-corrected chi connectivity index (χ0v) is 17.6. The summed E-state index contributed by atoms with van der Waals surface area (Å²) in [7, 11) is 0. The summed E-state index contributed by atoms with van der Waals surface area (Å²) in [5.41, 5.74) is 1.86. The third-order valence-electron chi connectivity index (χ3n) is 5.92. The number of carbonyl (C=O) groups is 4. The second-order valence-corrected chi connectivity index (χ2v) is 8.49. The van der Waals surface area contributed by atoms with E-state index in [4.69, 9.17) is 0 Å². The lowest BCUT2D eigenvalue weighted by molar-refractivity contribution is -0.139. The molecule has 3 N–H and O–H groups in total. The van der Waals surface area contributed by atoms with Gasteiger partial charge in [0, 0.05) is 32.2 Å². The molecule has 1 aromatic rings. The van der Waals surface area contributed by atoms with Gasteiger partial charge in [-0.2, -0.15) is 5.01 Å². The van der Waals surface area contributed by atoms with Gasteiger partial charge in [0.25, 0.3) is 11.8 Å². The minimum atomic E-state index is -1.22. The van der Waals surface area contributed by atoms with Crippen molar-refractivity contribution in [3.8, 4) is 0 Å². The van der Waals surface area contributed by atoms with Crippen molar-refractivity contribution in [2.75, 3.05) is 39.3 Å². The van der Waals surface area contributed by atoms with E-state index in [0.29, 0.717) is 44.3 Å². The van der Waals surface area contributed by atoms with Gasteiger partial charge in [-0.3, -0.25) is 29.6 Å². The molecule has 0 spiro atoms. The van der Waals surface area contributed by atoms with Crippen LogP contribution in [-0.4, -0.2) is 83.9 Å². The first kappa shape index (κ1) is 21.3. The van der Waals surface area contributed by atoms with Gasteiger partial charge in [-0.05, 0) is 25.3 Å². The van der Waals surface area contributed by atoms with Crippen molar-refractivity contribution in [1.82, 2.24) is 30.9 Å². The largest absolute Gasteiger partial charge is 0.352 e. The summed E-state index contributed by atoms with van der Waals surface area (Å²) >= 11 is 0. The highest BCUT2D eigenvalue weighted by molar-refractivity contribution is 6.08. The normalized spacial score (nSPS) is 24.7. The Balaban J connectivity index is 1.25. The lowest BCUT2D eigenvalue weighted by Crippen LogP contribution is -2.54. The molecule has 1 aliphatic carbocycles. The van der Waals surface area contributed by atoms with E-state index in [2.05, 4.69) is 21.0 Å². The number of carbonyl (C=O) groups excluding carboxylic acids is 4. The molecule has 1 unspecified atom stereocenters. The number of piperazine rings is 1. The fourth-order valence-corrected chi connectivity index (χ4v) is 3.88. The fraction of sp³-hybridized carbons (Fsp3) is 0.524. The Morgan fingerprint density at radius 1 is 1.00 bits per heavy atom. The maximum atomic E-state index is 12.9. The second-order valence-electron chi connectivity index (χ2n) is 8.49. The van der Waals surface area contributed by atoms with Gasteiger partial charge in [0.15, 0.2) is 0 Å². The summed E-state index contributed by atoms with van der Waals surface area (Å²) in [4.78, 5) is 53.6. The van der Waals surface area contributed by atoms with E-state index in [1.807, 2.05) is 11.0 Å². The third-order valence-corrected chi connectivity index (χ3v) is 5.92. The molecule has 1 atom stereocenters. The van der Waals surface area contributed by atoms with Crippen molar-refractivity contribution < 1.29 is 19.2 Å². The minimum absolute atomic E-state index is 0.0497. The number of benzene rings is 1. The molecule has 2 aliphatic heterocycles. The molecule has 10 nitrogen and oxygen atoms in total. The van der Waals surface area contributed by atoms with Crippen LogP contribution in [0, 0.1) is 0 Å². The third kappa shape index (κ3) is 4.86. The second kappa shape index (κ2) is 8.64. The van der Waals surface area contributed by atoms with Gasteiger partial charge in [-0.25, -0.2) is 4.79 Å². The molecule has 166 valence electrons. The first-order chi connectivity index (χ1) is 14.8. The van der Waals surface area contributed by atoms with Crippen LogP contribution < -0.4 is 16.1 Å². The number of nitrogens with zero attached hydrogens (tertiary/aromatic N) is 3. The number of amides is 5. The SMILES string of the molecule is CC1(c2ccccc2)NC(=O)N(NC(=O)CN2CCN(CC(=O)NC3CC3)CC2)C1=O. The van der Waals surface area contributed by atoms with Crippen LogP contribution in [0.5, 0.6) is 0 Å². The summed E-state index contributed by atoms with van der Waals surface area (Å²) in [5.74, 6) is -0.905. The van der Waals surface area contributed by atoms with Gasteiger partial charge >= 0.3 is 6.03 Å². The molecule has 1 saturated carbocycles. The number of nitrogens with one attached hydrogen (secondary N) is 3. The Hall–Kier alpha value is -2.98. The molecule has 3 aliphatic rings. The van der Waals surface area contributed by atoms with Crippen LogP contribution in [0.2, 0.25) is 0 Å². The maximum Gasteiger partial charge on any atom is 0.344 e. The standard InChI is InChI=1S/C21H28N6O4/c1-21(15-5-3-2-4-6-15)19(30)27(20(31)23-21)24-18(29)14-26-11-9-25(10-12-26)13-17(28)22-16-7-8-16/h2-6,16H,7-14H2,1H3,(H,22,28)(H,23,31)(H,24,29). The van der Waals surface area contributed by atoms with Gasteiger partial charge < -0.3 is 10.6 Å². The van der Waals surface area contributed by atoms with Crippen LogP contribution in [0.3, 0.4) is 0 Å². The Morgan fingerprint density at radius 2 is 1.58 bits per heavy atom. The molecule has 3 fully saturated rings. The minimum Gasteiger partial charge on any atom is -0.352 e. The van der Waals surface area contributed by atoms with Crippen molar-refractivity contribution in [3.63, 3.8) is 0 Å². The summed E-state index contributed by atoms with van der Waals surface area (Å²) in [6.07, 6.45) is 2.13. The molecule has 4 rings (SSSR count). The average molecular weight is 428 g/mol. The van der Waals surface area contributed by atoms with E-state index in [1.54, 1.807) is 31.2 Å². The predicted octanol–water partition coefficient (Wildman–Crippen LogP) is -0.619. The molecule has 2 saturated heterocycles. The van der Waals surface area contributed by atoms with Crippen molar-refractivity contribution >= 4 is 23.8 Å². The number of hydrogen-bond donors (Lipinski definition) is 3. The topological polar surface area (TPSA) is 114 Å². The van der Waals surface area contributed by atoms with Crippen molar-refractivity contribution in [3.05, 3.63) is 35.9 Å². The van der Waals surface area contributed by atoms with Gasteiger partial charge in [-0.1, -0.05) is 30.3 Å². The highest BCUT2D eigenvalue weighted by Crippen LogP contribution is 2.27. The van der Waals surface area contributed by atoms with Crippen molar-refractivity contribution in [2.45, 2.75) is 31.3 Å². The number of urea groups is 1. The van der Waals surface area contributed by atoms with E-state index >= 15 is 0 Å². The zero-order chi connectivity index (χ0) is 22.0. The van der Waals surface area contributed by atoms with Gasteiger partial charge in [-0.15, -0.1) is 0 Å². The molecule has 31 heavy (non-hydrogen) atoms. The molecule has 5 amide bonds. The molecule has 2 heterocycles. The van der Waals surface area contributed by atoms with E-state index in [1.165, 1.54) is 0 Å². The van der Waals surface area contributed by atoms with E-state index in [-0.39, 0.29) is 12.5 Å². The molecular weight excluding hydrogens is 400 g/mol. The molecule has 10 heteroatoms. The first-order valence-electron chi connectivity index (χ1n) is 10.6. The van der Waals surface area contributed by atoms with E-state index in [9.17, 15) is 19.2 Å². The Bertz CT molecular complexity index is 866. The van der Waals surface area contributed by atoms with Crippen LogP contribution in [0.15, 0.2) is 30.3 Å². The Kier molecular flexibility index (Phi) is 5.92. The summed E-state index contributed by atoms with van der Waals surface area (Å²) in [6.45, 7) is 4.69. The van der Waals surface area contributed by atoms with Crippen LogP contribution >= 0.6 is 0 Å². The summed E-state index contributed by atoms with van der Waals surface area (Å²) < 4.78 is 0. The summed E-state index contributed by atoms with van der Waals surface area (Å²) in [5, 5.41) is 6.40. The molecular formula is C21H28N6O4. The van der Waals surface area contributed by atoms with Gasteiger partial charge in [0.1, 0.15) is 5.54 Å². The molecule has 0 radical (unpaired) electrons. The predicted molar refractivity (Wildman–Crippen MR) is 111 cm³/mol. The Labute approximate surface area is 180 Å². The number of rotatable bonds is 7. The summed E-state index contributed by atoms with van der Waals surface area (Å²) in [6, 6.07) is 8.62. The highest BCUT2D eigenvalue weighted by atomic mass is 16.2. The van der Waals surface area contributed by atoms with Crippen LogP contribution in [0.1, 0.15) is 25.3 Å². The molecule has 1 aromatic carbocycles. The van der Waals surface area contributed by atoms with E-state index < -0.39 is 23.4 Å². The monoisotopic (exact) mass is 428 g/mol. The lowest BCUT2D eigenvalue weighted by atomic mass is 9.92. The van der Waals surface area contributed by atoms with E-state index in [0.717, 1.165) is 17.9 Å². The first-order valence-corrected chi connectivity index (χ1v) is 10.6. The highest BCUT2D eigenvalue weighted by Gasteiger charge is 2.50. The van der Waals surface area contributed by atoms with Gasteiger partial charge in [0.05, 0.1) is 13.1 Å². The maximum absolute atomic E-state index is 12.9. The van der Waals surface area contributed by atoms with Crippen LogP contribution in [-0.2, 0) is 19.9 Å².